The van der Waals surface area contributed by atoms with Crippen molar-refractivity contribution in [3.8, 4) is 0 Å². The number of nitrogens with two attached hydrogens (primary N) is 1. The zero-order chi connectivity index (χ0) is 22.9. The molecule has 4 rings (SSSR count). The quantitative estimate of drug-likeness (QED) is 0.564. The number of nitrogens with one attached hydrogen (secondary N) is 2. The molecule has 2 aliphatic rings. The molecule has 0 saturated carbocycles. The van der Waals surface area contributed by atoms with Crippen molar-refractivity contribution in [2.75, 3.05) is 11.9 Å². The number of hydrogen-bond acceptors (Lipinski definition) is 5. The van der Waals surface area contributed by atoms with E-state index in [4.69, 9.17) is 21.5 Å². The molecule has 32 heavy (non-hydrogen) atoms. The van der Waals surface area contributed by atoms with Crippen molar-refractivity contribution in [1.29, 1.82) is 0 Å². The van der Waals surface area contributed by atoms with Crippen LogP contribution in [0.5, 0.6) is 0 Å². The molecule has 2 bridgehead atoms. The number of rotatable bonds is 7. The Morgan fingerprint density at radius 2 is 1.94 bits per heavy atom. The highest BCUT2D eigenvalue weighted by molar-refractivity contribution is 7.89. The molecule has 3 atom stereocenters. The Labute approximate surface area is 191 Å². The van der Waals surface area contributed by atoms with E-state index in [0.29, 0.717) is 17.1 Å². The van der Waals surface area contributed by atoms with Gasteiger partial charge in [-0.2, -0.15) is 0 Å². The van der Waals surface area contributed by atoms with Crippen LogP contribution in [0, 0.1) is 5.92 Å². The van der Waals surface area contributed by atoms with Crippen LogP contribution >= 0.6 is 11.6 Å². The highest BCUT2D eigenvalue weighted by atomic mass is 35.5. The van der Waals surface area contributed by atoms with Gasteiger partial charge in [0.05, 0.1) is 29.1 Å². The third kappa shape index (κ3) is 5.12. The summed E-state index contributed by atoms with van der Waals surface area (Å²) in [5.41, 5.74) is 0.781. The molecular formula is C22H24ClN3O5S. The van der Waals surface area contributed by atoms with Crippen LogP contribution in [0.4, 0.5) is 5.69 Å². The maximum absolute atomic E-state index is 12.7. The van der Waals surface area contributed by atoms with Crippen LogP contribution in [0.1, 0.15) is 35.2 Å². The minimum atomic E-state index is -4.21. The number of carbonyl (C=O) groups excluding carboxylic acids is 2. The van der Waals surface area contributed by atoms with Crippen molar-refractivity contribution in [2.24, 2.45) is 11.1 Å². The molecule has 2 aliphatic heterocycles. The first-order valence-corrected chi connectivity index (χ1v) is 12.3. The third-order valence-corrected chi connectivity index (χ3v) is 7.20. The number of amides is 2. The van der Waals surface area contributed by atoms with Gasteiger partial charge in [-0.25, -0.2) is 13.6 Å². The van der Waals surface area contributed by atoms with Gasteiger partial charge in [0.25, 0.3) is 5.91 Å². The van der Waals surface area contributed by atoms with E-state index in [-0.39, 0.29) is 46.6 Å². The van der Waals surface area contributed by atoms with Crippen LogP contribution in [0.25, 0.3) is 0 Å². The first-order chi connectivity index (χ1) is 15.2. The van der Waals surface area contributed by atoms with Crippen molar-refractivity contribution in [3.63, 3.8) is 0 Å². The van der Waals surface area contributed by atoms with Gasteiger partial charge in [0, 0.05) is 23.2 Å². The van der Waals surface area contributed by atoms with Crippen LogP contribution in [0.15, 0.2) is 47.4 Å². The van der Waals surface area contributed by atoms with Crippen LogP contribution in [0.2, 0.25) is 5.02 Å². The fraction of sp³-hybridized carbons (Fsp3) is 0.364. The molecule has 0 unspecified atom stereocenters. The number of anilines is 1. The van der Waals surface area contributed by atoms with Gasteiger partial charge in [-0.15, -0.1) is 0 Å². The van der Waals surface area contributed by atoms with E-state index in [1.54, 1.807) is 24.3 Å². The number of primary sulfonamides is 1. The highest BCUT2D eigenvalue weighted by Crippen LogP contribution is 2.38. The van der Waals surface area contributed by atoms with Crippen LogP contribution in [-0.4, -0.2) is 39.0 Å². The summed E-state index contributed by atoms with van der Waals surface area (Å²) in [4.78, 5) is 24.7. The lowest BCUT2D eigenvalue weighted by atomic mass is 9.89. The van der Waals surface area contributed by atoms with E-state index in [1.807, 2.05) is 0 Å². The summed E-state index contributed by atoms with van der Waals surface area (Å²) in [5.74, 6) is -0.697. The van der Waals surface area contributed by atoms with Gasteiger partial charge in [-0.1, -0.05) is 29.8 Å². The summed E-state index contributed by atoms with van der Waals surface area (Å²) in [5, 5.41) is 11.2. The van der Waals surface area contributed by atoms with Crippen LogP contribution < -0.4 is 15.8 Å². The Morgan fingerprint density at radius 3 is 2.59 bits per heavy atom. The Balaban J connectivity index is 1.46. The monoisotopic (exact) mass is 477 g/mol. The van der Waals surface area contributed by atoms with Crippen molar-refractivity contribution in [3.05, 3.63) is 58.6 Å². The summed E-state index contributed by atoms with van der Waals surface area (Å²) >= 11 is 6.08. The number of hydrogen-bond donors (Lipinski definition) is 3. The predicted octanol–water partition coefficient (Wildman–Crippen LogP) is 2.47. The van der Waals surface area contributed by atoms with E-state index < -0.39 is 15.9 Å². The molecule has 10 heteroatoms. The molecule has 2 heterocycles. The summed E-state index contributed by atoms with van der Waals surface area (Å²) in [6.45, 7) is 0.403. The first kappa shape index (κ1) is 22.7. The first-order valence-electron chi connectivity index (χ1n) is 10.3. The smallest absolute Gasteiger partial charge is 0.252 e. The number of fused-ring (bicyclic) bond motifs is 2. The number of halogens is 1. The van der Waals surface area contributed by atoms with Gasteiger partial charge in [0.1, 0.15) is 0 Å². The molecule has 2 fully saturated rings. The van der Waals surface area contributed by atoms with Crippen molar-refractivity contribution in [1.82, 2.24) is 5.32 Å². The van der Waals surface area contributed by atoms with Crippen LogP contribution in [0.3, 0.4) is 0 Å². The van der Waals surface area contributed by atoms with Crippen LogP contribution in [-0.2, 0) is 26.0 Å². The average molecular weight is 478 g/mol. The SMILES string of the molecule is NS(=O)(=O)c1cc(NC(=O)Cc2ccccc2Cl)ccc1C(=O)NC[C@@H]1C[C@H]2CC[C@@H]1O2. The Morgan fingerprint density at radius 1 is 1.16 bits per heavy atom. The molecule has 0 aromatic heterocycles. The van der Waals surface area contributed by atoms with Crippen molar-refractivity contribution in [2.45, 2.75) is 42.8 Å². The molecule has 170 valence electrons. The number of ether oxygens (including phenoxy) is 1. The second-order valence-corrected chi connectivity index (χ2v) is 10.1. The molecule has 2 saturated heterocycles. The van der Waals surface area contributed by atoms with Gasteiger partial charge in [0.2, 0.25) is 15.9 Å². The molecule has 4 N–H and O–H groups in total. The molecule has 0 radical (unpaired) electrons. The maximum atomic E-state index is 12.7. The fourth-order valence-corrected chi connectivity index (χ4v) is 5.28. The molecule has 8 nitrogen and oxygen atoms in total. The zero-order valence-corrected chi connectivity index (χ0v) is 18.8. The minimum absolute atomic E-state index is 0.0121. The second kappa shape index (κ2) is 9.19. The molecule has 2 aromatic carbocycles. The third-order valence-electron chi connectivity index (χ3n) is 5.88. The van der Waals surface area contributed by atoms with E-state index in [2.05, 4.69) is 10.6 Å². The topological polar surface area (TPSA) is 128 Å². The number of carbonyl (C=O) groups is 2. The van der Waals surface area contributed by atoms with E-state index >= 15 is 0 Å². The zero-order valence-electron chi connectivity index (χ0n) is 17.2. The Bertz CT molecular complexity index is 1150. The lowest BCUT2D eigenvalue weighted by Crippen LogP contribution is -2.34. The number of sulfonamides is 1. The molecule has 2 amide bonds. The lowest BCUT2D eigenvalue weighted by Gasteiger charge is -2.19. The predicted molar refractivity (Wildman–Crippen MR) is 120 cm³/mol. The number of benzene rings is 2. The van der Waals surface area contributed by atoms with Gasteiger partial charge < -0.3 is 15.4 Å². The molecule has 2 aromatic rings. The van der Waals surface area contributed by atoms with Gasteiger partial charge in [0.15, 0.2) is 0 Å². The van der Waals surface area contributed by atoms with Crippen molar-refractivity contribution < 1.29 is 22.7 Å². The van der Waals surface area contributed by atoms with Gasteiger partial charge in [-0.05, 0) is 49.1 Å². The van der Waals surface area contributed by atoms with Gasteiger partial charge in [-0.3, -0.25) is 9.59 Å². The minimum Gasteiger partial charge on any atom is -0.375 e. The average Bonchev–Trinajstić information content (AvgIpc) is 3.36. The molecule has 0 aliphatic carbocycles. The van der Waals surface area contributed by atoms with E-state index in [1.165, 1.54) is 18.2 Å². The van der Waals surface area contributed by atoms with Crippen molar-refractivity contribution >= 4 is 39.1 Å². The second-order valence-electron chi connectivity index (χ2n) is 8.15. The van der Waals surface area contributed by atoms with E-state index in [0.717, 1.165) is 19.3 Å². The maximum Gasteiger partial charge on any atom is 0.252 e. The summed E-state index contributed by atoms with van der Waals surface area (Å²) in [7, 11) is -4.21. The largest absolute Gasteiger partial charge is 0.375 e. The summed E-state index contributed by atoms with van der Waals surface area (Å²) in [6.07, 6.45) is 3.34. The van der Waals surface area contributed by atoms with E-state index in [9.17, 15) is 18.0 Å². The summed E-state index contributed by atoms with van der Waals surface area (Å²) < 4.78 is 30.1. The Hall–Kier alpha value is -2.46. The molecular weight excluding hydrogens is 454 g/mol. The normalized spacial score (nSPS) is 22.0. The Kier molecular flexibility index (Phi) is 6.52. The summed E-state index contributed by atoms with van der Waals surface area (Å²) in [6, 6.07) is 10.9. The lowest BCUT2D eigenvalue weighted by molar-refractivity contribution is -0.115. The standard InChI is InChI=1S/C22H24ClN3O5S/c23-18-4-2-1-3-13(18)10-21(27)26-15-5-7-17(20(11-15)32(24,29)30)22(28)25-12-14-9-16-6-8-19(14)31-16/h1-5,7,11,14,16,19H,6,8-10,12H2,(H,25,28)(H,26,27)(H2,24,29,30)/t14-,16+,19-/m0/s1. The highest BCUT2D eigenvalue weighted by Gasteiger charge is 2.40. The van der Waals surface area contributed by atoms with Gasteiger partial charge >= 0.3 is 0 Å². The molecule has 0 spiro atoms. The fourth-order valence-electron chi connectivity index (χ4n) is 4.32.